The molecule has 0 spiro atoms. The first-order valence-electron chi connectivity index (χ1n) is 7.85. The molecule has 1 fully saturated rings. The summed E-state index contributed by atoms with van der Waals surface area (Å²) in [7, 11) is 0. The number of aliphatic hydroxyl groups is 1. The standard InChI is InChI=1S/C17H19F2N3O2/c1-11(2)15(23)16(5-6-16)17(24,8-22-10-20-9-21-22)13-4-3-12(18)7-14(13)19/h3-4,7,9-11,24H,5-6,8H2,1-2H3. The Morgan fingerprint density at radius 2 is 2.12 bits per heavy atom. The molecule has 24 heavy (non-hydrogen) atoms. The van der Waals surface area contributed by atoms with Crippen LogP contribution in [0.4, 0.5) is 8.78 Å². The largest absolute Gasteiger partial charge is 0.382 e. The first-order chi connectivity index (χ1) is 11.3. The second-order valence-corrected chi connectivity index (χ2v) is 6.68. The summed E-state index contributed by atoms with van der Waals surface area (Å²) in [4.78, 5) is 16.6. The van der Waals surface area contributed by atoms with Crippen molar-refractivity contribution in [3.8, 4) is 0 Å². The zero-order valence-electron chi connectivity index (χ0n) is 13.5. The highest BCUT2D eigenvalue weighted by molar-refractivity contribution is 5.90. The quantitative estimate of drug-likeness (QED) is 0.880. The minimum Gasteiger partial charge on any atom is -0.382 e. The number of ketones is 1. The molecule has 7 heteroatoms. The summed E-state index contributed by atoms with van der Waals surface area (Å²) in [5.41, 5.74) is -3.00. The molecule has 5 nitrogen and oxygen atoms in total. The first kappa shape index (κ1) is 16.7. The van der Waals surface area contributed by atoms with Crippen molar-refractivity contribution < 1.29 is 18.7 Å². The number of hydrogen-bond acceptors (Lipinski definition) is 4. The highest BCUT2D eigenvalue weighted by Gasteiger charge is 2.65. The maximum atomic E-state index is 14.4. The van der Waals surface area contributed by atoms with E-state index in [2.05, 4.69) is 10.1 Å². The average molecular weight is 335 g/mol. The summed E-state index contributed by atoms with van der Waals surface area (Å²) >= 11 is 0. The van der Waals surface area contributed by atoms with E-state index in [1.807, 2.05) is 0 Å². The molecule has 2 aromatic rings. The summed E-state index contributed by atoms with van der Waals surface area (Å²) in [6, 6.07) is 3.01. The van der Waals surface area contributed by atoms with Crippen molar-refractivity contribution in [1.29, 1.82) is 0 Å². The van der Waals surface area contributed by atoms with Crippen molar-refractivity contribution in [2.75, 3.05) is 0 Å². The van der Waals surface area contributed by atoms with Crippen molar-refractivity contribution in [3.05, 3.63) is 48.1 Å². The molecule has 1 aromatic carbocycles. The van der Waals surface area contributed by atoms with Gasteiger partial charge in [0, 0.05) is 17.5 Å². The van der Waals surface area contributed by atoms with E-state index in [0.29, 0.717) is 12.8 Å². The Morgan fingerprint density at radius 3 is 2.62 bits per heavy atom. The maximum Gasteiger partial charge on any atom is 0.144 e. The Kier molecular flexibility index (Phi) is 3.99. The third kappa shape index (κ3) is 2.53. The van der Waals surface area contributed by atoms with Gasteiger partial charge in [-0.2, -0.15) is 5.10 Å². The lowest BCUT2D eigenvalue weighted by Gasteiger charge is -2.37. The molecule has 1 aromatic heterocycles. The monoisotopic (exact) mass is 335 g/mol. The third-order valence-electron chi connectivity index (χ3n) is 4.77. The van der Waals surface area contributed by atoms with Crippen molar-refractivity contribution in [2.24, 2.45) is 11.3 Å². The van der Waals surface area contributed by atoms with Crippen LogP contribution in [-0.2, 0) is 16.9 Å². The van der Waals surface area contributed by atoms with Gasteiger partial charge in [0.2, 0.25) is 0 Å². The van der Waals surface area contributed by atoms with Gasteiger partial charge in [-0.25, -0.2) is 18.4 Å². The van der Waals surface area contributed by atoms with Gasteiger partial charge in [-0.3, -0.25) is 4.79 Å². The number of carbonyl (C=O) groups excluding carboxylic acids is 1. The lowest BCUT2D eigenvalue weighted by Crippen LogP contribution is -2.47. The van der Waals surface area contributed by atoms with E-state index in [4.69, 9.17) is 0 Å². The molecule has 1 aliphatic carbocycles. The topological polar surface area (TPSA) is 68.0 Å². The molecule has 0 aliphatic heterocycles. The van der Waals surface area contributed by atoms with Gasteiger partial charge >= 0.3 is 0 Å². The molecule has 0 saturated heterocycles. The van der Waals surface area contributed by atoms with Crippen LogP contribution in [0, 0.1) is 23.0 Å². The van der Waals surface area contributed by atoms with E-state index in [0.717, 1.165) is 12.1 Å². The van der Waals surface area contributed by atoms with Crippen LogP contribution in [0.5, 0.6) is 0 Å². The molecule has 128 valence electrons. The van der Waals surface area contributed by atoms with E-state index in [9.17, 15) is 18.7 Å². The normalized spacial score (nSPS) is 18.4. The molecule has 0 bridgehead atoms. The molecule has 0 radical (unpaired) electrons. The summed E-state index contributed by atoms with van der Waals surface area (Å²) in [5.74, 6) is -2.05. The molecular weight excluding hydrogens is 316 g/mol. The fourth-order valence-electron chi connectivity index (χ4n) is 3.41. The van der Waals surface area contributed by atoms with Crippen LogP contribution in [0.1, 0.15) is 32.3 Å². The second kappa shape index (κ2) is 5.73. The van der Waals surface area contributed by atoms with Crippen LogP contribution < -0.4 is 0 Å². The van der Waals surface area contributed by atoms with Gasteiger partial charge < -0.3 is 5.11 Å². The zero-order valence-corrected chi connectivity index (χ0v) is 13.5. The fraction of sp³-hybridized carbons (Fsp3) is 0.471. The van der Waals surface area contributed by atoms with Gasteiger partial charge in [0.1, 0.15) is 35.7 Å². The van der Waals surface area contributed by atoms with E-state index >= 15 is 0 Å². The molecule has 1 aliphatic rings. The van der Waals surface area contributed by atoms with Crippen molar-refractivity contribution in [1.82, 2.24) is 14.8 Å². The molecule has 0 amide bonds. The first-order valence-corrected chi connectivity index (χ1v) is 7.85. The van der Waals surface area contributed by atoms with Gasteiger partial charge in [0.25, 0.3) is 0 Å². The molecule has 1 atom stereocenters. The summed E-state index contributed by atoms with van der Waals surface area (Å²) in [6.45, 7) is 3.37. The highest BCUT2D eigenvalue weighted by Crippen LogP contribution is 2.61. The number of halogens is 2. The van der Waals surface area contributed by atoms with Gasteiger partial charge in [0.15, 0.2) is 0 Å². The number of benzene rings is 1. The summed E-state index contributed by atoms with van der Waals surface area (Å²) in [6.07, 6.45) is 3.59. The number of nitrogens with zero attached hydrogens (tertiary/aromatic N) is 3. The number of rotatable bonds is 6. The Balaban J connectivity index is 2.13. The highest BCUT2D eigenvalue weighted by atomic mass is 19.1. The molecule has 1 unspecified atom stereocenters. The smallest absolute Gasteiger partial charge is 0.144 e. The molecule has 1 N–H and O–H groups in total. The lowest BCUT2D eigenvalue weighted by molar-refractivity contribution is -0.142. The average Bonchev–Trinajstić information content (AvgIpc) is 3.19. The second-order valence-electron chi connectivity index (χ2n) is 6.68. The van der Waals surface area contributed by atoms with E-state index in [1.54, 1.807) is 13.8 Å². The molecule has 1 heterocycles. The van der Waals surface area contributed by atoms with Crippen LogP contribution in [0.15, 0.2) is 30.9 Å². The Morgan fingerprint density at radius 1 is 1.42 bits per heavy atom. The van der Waals surface area contributed by atoms with Gasteiger partial charge in [-0.05, 0) is 18.9 Å². The number of hydrogen-bond donors (Lipinski definition) is 1. The van der Waals surface area contributed by atoms with Crippen LogP contribution in [0.3, 0.4) is 0 Å². The molecular formula is C17H19F2N3O2. The third-order valence-corrected chi connectivity index (χ3v) is 4.77. The van der Waals surface area contributed by atoms with Crippen molar-refractivity contribution in [3.63, 3.8) is 0 Å². The summed E-state index contributed by atoms with van der Waals surface area (Å²) < 4.78 is 29.1. The van der Waals surface area contributed by atoms with E-state index in [1.165, 1.54) is 23.4 Å². The number of aromatic nitrogens is 3. The zero-order chi connectivity index (χ0) is 17.5. The van der Waals surface area contributed by atoms with Gasteiger partial charge in [0.05, 0.1) is 12.0 Å². The Labute approximate surface area is 138 Å². The molecule has 3 rings (SSSR count). The van der Waals surface area contributed by atoms with Crippen molar-refractivity contribution >= 4 is 5.78 Å². The Hall–Kier alpha value is -2.15. The predicted octanol–water partition coefficient (Wildman–Crippen LogP) is 2.45. The minimum atomic E-state index is -1.82. The SMILES string of the molecule is CC(C)C(=O)C1(C(O)(Cn2cncn2)c2ccc(F)cc2F)CC1. The van der Waals surface area contributed by atoms with Crippen LogP contribution in [0.25, 0.3) is 0 Å². The maximum absolute atomic E-state index is 14.4. The van der Waals surface area contributed by atoms with Gasteiger partial charge in [-0.15, -0.1) is 0 Å². The predicted molar refractivity (Wildman–Crippen MR) is 81.8 cm³/mol. The number of carbonyl (C=O) groups is 1. The van der Waals surface area contributed by atoms with Crippen molar-refractivity contribution in [2.45, 2.75) is 38.8 Å². The van der Waals surface area contributed by atoms with Crippen LogP contribution in [0.2, 0.25) is 0 Å². The Bertz CT molecular complexity index is 757. The lowest BCUT2D eigenvalue weighted by atomic mass is 9.73. The van der Waals surface area contributed by atoms with Crippen LogP contribution in [-0.4, -0.2) is 25.7 Å². The van der Waals surface area contributed by atoms with E-state index < -0.39 is 22.7 Å². The molecule has 1 saturated carbocycles. The number of Topliss-reactive ketones (excluding diaryl/α,β-unsaturated/α-hetero) is 1. The van der Waals surface area contributed by atoms with Gasteiger partial charge in [-0.1, -0.05) is 19.9 Å². The minimum absolute atomic E-state index is 0.0918. The van der Waals surface area contributed by atoms with E-state index in [-0.39, 0.29) is 23.8 Å². The summed E-state index contributed by atoms with van der Waals surface area (Å²) in [5, 5.41) is 15.4. The van der Waals surface area contributed by atoms with Crippen LogP contribution >= 0.6 is 0 Å². The fourth-order valence-corrected chi connectivity index (χ4v) is 3.41.